The highest BCUT2D eigenvalue weighted by Crippen LogP contribution is 2.33. The smallest absolute Gasteiger partial charge is 0.166 e. The van der Waals surface area contributed by atoms with Crippen molar-refractivity contribution in [1.29, 1.82) is 0 Å². The first-order chi connectivity index (χ1) is 15.2. The molecule has 6 nitrogen and oxygen atoms in total. The van der Waals surface area contributed by atoms with Crippen LogP contribution in [0.25, 0.3) is 11.3 Å². The molecule has 2 aliphatic rings. The summed E-state index contributed by atoms with van der Waals surface area (Å²) < 4.78 is 16.7. The van der Waals surface area contributed by atoms with Crippen molar-refractivity contribution in [2.45, 2.75) is 19.4 Å². The fourth-order valence-electron chi connectivity index (χ4n) is 4.15. The minimum Gasteiger partial charge on any atom is -0.486 e. The number of ketones is 1. The van der Waals surface area contributed by atoms with Crippen LogP contribution in [0.4, 0.5) is 0 Å². The highest BCUT2D eigenvalue weighted by molar-refractivity contribution is 6.30. The third kappa shape index (κ3) is 4.45. The number of piperidine rings is 1. The molecule has 3 aromatic rings. The Morgan fingerprint density at radius 1 is 1.00 bits per heavy atom. The second kappa shape index (κ2) is 8.73. The van der Waals surface area contributed by atoms with Gasteiger partial charge in [-0.25, -0.2) is 0 Å². The van der Waals surface area contributed by atoms with Gasteiger partial charge in [-0.2, -0.15) is 0 Å². The summed E-state index contributed by atoms with van der Waals surface area (Å²) in [6.45, 7) is 3.44. The van der Waals surface area contributed by atoms with Gasteiger partial charge in [0, 0.05) is 28.1 Å². The molecule has 3 heterocycles. The van der Waals surface area contributed by atoms with Gasteiger partial charge in [-0.3, -0.25) is 9.69 Å². The molecule has 1 saturated heterocycles. The van der Waals surface area contributed by atoms with Crippen molar-refractivity contribution in [2.24, 2.45) is 5.92 Å². The zero-order chi connectivity index (χ0) is 21.2. The number of benzene rings is 2. The van der Waals surface area contributed by atoms with E-state index < -0.39 is 0 Å². The molecule has 0 atom stereocenters. The largest absolute Gasteiger partial charge is 0.486 e. The maximum Gasteiger partial charge on any atom is 0.166 e. The van der Waals surface area contributed by atoms with Crippen LogP contribution < -0.4 is 9.47 Å². The molecule has 0 amide bonds. The van der Waals surface area contributed by atoms with Crippen molar-refractivity contribution in [3.8, 4) is 22.8 Å². The molecule has 2 aliphatic heterocycles. The summed E-state index contributed by atoms with van der Waals surface area (Å²) in [7, 11) is 0. The molecule has 0 spiro atoms. The Bertz CT molecular complexity index is 1070. The number of Topliss-reactive ketones (excluding diaryl/α,β-unsaturated/α-hetero) is 1. The molecule has 7 heteroatoms. The van der Waals surface area contributed by atoms with Gasteiger partial charge in [-0.15, -0.1) is 0 Å². The van der Waals surface area contributed by atoms with Crippen LogP contribution in [0.5, 0.6) is 11.5 Å². The summed E-state index contributed by atoms with van der Waals surface area (Å²) in [5.41, 5.74) is 2.48. The minimum absolute atomic E-state index is 0.0261. The number of aromatic nitrogens is 1. The van der Waals surface area contributed by atoms with Crippen molar-refractivity contribution in [1.82, 2.24) is 10.1 Å². The molecule has 0 saturated carbocycles. The van der Waals surface area contributed by atoms with E-state index in [1.807, 2.05) is 48.5 Å². The molecule has 5 rings (SSSR count). The number of nitrogens with zero attached hydrogens (tertiary/aromatic N) is 2. The molecule has 31 heavy (non-hydrogen) atoms. The van der Waals surface area contributed by atoms with E-state index in [0.29, 0.717) is 41.8 Å². The Balaban J connectivity index is 1.17. The average Bonchev–Trinajstić information content (AvgIpc) is 3.27. The number of carbonyl (C=O) groups excluding carboxylic acids is 1. The fourth-order valence-corrected chi connectivity index (χ4v) is 4.28. The van der Waals surface area contributed by atoms with Crippen molar-refractivity contribution in [2.75, 3.05) is 26.3 Å². The van der Waals surface area contributed by atoms with E-state index in [1.165, 1.54) is 0 Å². The molecule has 0 N–H and O–H groups in total. The second-order valence-corrected chi connectivity index (χ2v) is 8.39. The van der Waals surface area contributed by atoms with Crippen LogP contribution in [0, 0.1) is 5.92 Å². The van der Waals surface area contributed by atoms with Crippen LogP contribution in [0.2, 0.25) is 5.02 Å². The van der Waals surface area contributed by atoms with Gasteiger partial charge in [0.15, 0.2) is 23.0 Å². The Labute approximate surface area is 185 Å². The highest BCUT2D eigenvalue weighted by atomic mass is 35.5. The number of hydrogen-bond donors (Lipinski definition) is 0. The molecule has 0 radical (unpaired) electrons. The zero-order valence-corrected chi connectivity index (χ0v) is 17.8. The number of hydrogen-bond acceptors (Lipinski definition) is 6. The first kappa shape index (κ1) is 20.1. The number of likely N-dealkylation sites (tertiary alicyclic amines) is 1. The number of ether oxygens (including phenoxy) is 2. The number of rotatable bonds is 5. The van der Waals surface area contributed by atoms with Gasteiger partial charge in [0.25, 0.3) is 0 Å². The summed E-state index contributed by atoms with van der Waals surface area (Å²) >= 11 is 5.95. The monoisotopic (exact) mass is 438 g/mol. The number of fused-ring (bicyclic) bond motifs is 1. The Morgan fingerprint density at radius 2 is 1.74 bits per heavy atom. The predicted octanol–water partition coefficient (Wildman–Crippen LogP) is 4.86. The van der Waals surface area contributed by atoms with Crippen LogP contribution in [-0.4, -0.2) is 42.1 Å². The molecule has 1 aromatic heterocycles. The summed E-state index contributed by atoms with van der Waals surface area (Å²) in [6, 6.07) is 15.0. The third-order valence-electron chi connectivity index (χ3n) is 5.86. The van der Waals surface area contributed by atoms with Gasteiger partial charge in [0.05, 0.1) is 6.54 Å². The molecule has 2 aromatic carbocycles. The molecular formula is C24H23ClN2O4. The quantitative estimate of drug-likeness (QED) is 0.530. The van der Waals surface area contributed by atoms with E-state index >= 15 is 0 Å². The summed E-state index contributed by atoms with van der Waals surface area (Å²) in [6.07, 6.45) is 1.65. The lowest BCUT2D eigenvalue weighted by Gasteiger charge is -2.30. The van der Waals surface area contributed by atoms with Gasteiger partial charge in [0.1, 0.15) is 18.9 Å². The average molecular weight is 439 g/mol. The van der Waals surface area contributed by atoms with Crippen molar-refractivity contribution < 1.29 is 18.8 Å². The van der Waals surface area contributed by atoms with Gasteiger partial charge in [-0.1, -0.05) is 28.9 Å². The molecule has 0 aliphatic carbocycles. The zero-order valence-electron chi connectivity index (χ0n) is 17.1. The molecule has 1 fully saturated rings. The summed E-state index contributed by atoms with van der Waals surface area (Å²) in [4.78, 5) is 15.3. The fraction of sp³-hybridized carbons (Fsp3) is 0.333. The molecular weight excluding hydrogens is 416 g/mol. The number of carbonyl (C=O) groups is 1. The van der Waals surface area contributed by atoms with Crippen molar-refractivity contribution in [3.05, 3.63) is 64.9 Å². The normalized spacial score (nSPS) is 16.9. The van der Waals surface area contributed by atoms with E-state index in [-0.39, 0.29) is 11.7 Å². The molecule has 160 valence electrons. The summed E-state index contributed by atoms with van der Waals surface area (Å²) in [5, 5.41) is 4.87. The Hall–Kier alpha value is -2.83. The van der Waals surface area contributed by atoms with Crippen LogP contribution in [-0.2, 0) is 6.54 Å². The van der Waals surface area contributed by atoms with Gasteiger partial charge in [-0.05, 0) is 56.3 Å². The van der Waals surface area contributed by atoms with Crippen LogP contribution in [0.15, 0.2) is 53.1 Å². The Morgan fingerprint density at radius 3 is 2.52 bits per heavy atom. The van der Waals surface area contributed by atoms with Gasteiger partial charge < -0.3 is 14.0 Å². The topological polar surface area (TPSA) is 64.8 Å². The number of halogens is 1. The van der Waals surface area contributed by atoms with Crippen molar-refractivity contribution in [3.63, 3.8) is 0 Å². The lowest BCUT2D eigenvalue weighted by Crippen LogP contribution is -2.35. The van der Waals surface area contributed by atoms with E-state index in [0.717, 1.165) is 42.9 Å². The maximum absolute atomic E-state index is 13.0. The van der Waals surface area contributed by atoms with Crippen LogP contribution >= 0.6 is 11.6 Å². The summed E-state index contributed by atoms with van der Waals surface area (Å²) in [5.74, 6) is 2.40. The third-order valence-corrected chi connectivity index (χ3v) is 6.12. The minimum atomic E-state index is 0.0261. The first-order valence-electron chi connectivity index (χ1n) is 10.5. The molecule has 0 unspecified atom stereocenters. The highest BCUT2D eigenvalue weighted by Gasteiger charge is 2.27. The van der Waals surface area contributed by atoms with E-state index in [4.69, 9.17) is 25.6 Å². The van der Waals surface area contributed by atoms with E-state index in [2.05, 4.69) is 10.1 Å². The Kier molecular flexibility index (Phi) is 5.66. The van der Waals surface area contributed by atoms with Gasteiger partial charge in [0.2, 0.25) is 0 Å². The lowest BCUT2D eigenvalue weighted by atomic mass is 9.88. The van der Waals surface area contributed by atoms with Gasteiger partial charge >= 0.3 is 0 Å². The second-order valence-electron chi connectivity index (χ2n) is 7.96. The SMILES string of the molecule is O=C(c1ccc2c(c1)OCCO2)C1CCN(Cc2cc(-c3ccc(Cl)cc3)no2)CC1. The van der Waals surface area contributed by atoms with E-state index in [1.54, 1.807) is 0 Å². The standard InChI is InChI=1S/C24H23ClN2O4/c25-19-4-1-16(2-5-19)21-14-20(31-26-21)15-27-9-7-17(8-10-27)24(28)18-3-6-22-23(13-18)30-12-11-29-22/h1-6,13-14,17H,7-12,15H2. The van der Waals surface area contributed by atoms with Crippen molar-refractivity contribution >= 4 is 17.4 Å². The van der Waals surface area contributed by atoms with E-state index in [9.17, 15) is 4.79 Å². The maximum atomic E-state index is 13.0. The lowest BCUT2D eigenvalue weighted by molar-refractivity contribution is 0.0826. The molecule has 0 bridgehead atoms. The van der Waals surface area contributed by atoms with Crippen LogP contribution in [0.1, 0.15) is 29.0 Å². The predicted molar refractivity (Wildman–Crippen MR) is 117 cm³/mol. The first-order valence-corrected chi connectivity index (χ1v) is 10.9. The van der Waals surface area contributed by atoms with Crippen LogP contribution in [0.3, 0.4) is 0 Å².